The Labute approximate surface area is 435 Å². The van der Waals surface area contributed by atoms with Crippen LogP contribution >= 0.6 is 0 Å². The average molecular weight is 955 g/mol. The number of hydrogen-bond donors (Lipinski definition) is 0. The number of aromatic nitrogens is 4. The first kappa shape index (κ1) is 42.0. The van der Waals surface area contributed by atoms with Gasteiger partial charge in [0.1, 0.15) is 0 Å². The van der Waals surface area contributed by atoms with Gasteiger partial charge in [0, 0.05) is 33.2 Å². The molecule has 0 aliphatic heterocycles. The van der Waals surface area contributed by atoms with E-state index in [1.54, 1.807) is 0 Å². The minimum absolute atomic E-state index is 0.443. The van der Waals surface area contributed by atoms with Crippen molar-refractivity contribution in [1.29, 1.82) is 0 Å². The van der Waals surface area contributed by atoms with Crippen LogP contribution in [0.25, 0.3) is 112 Å². The Hall–Kier alpha value is -9.51. The molecule has 4 aliphatic rings. The third-order valence-electron chi connectivity index (χ3n) is 16.6. The number of fused-ring (bicyclic) bond motifs is 15. The zero-order valence-electron chi connectivity index (χ0n) is 41.0. The smallest absolute Gasteiger partial charge is 0.164 e. The van der Waals surface area contributed by atoms with Crippen LogP contribution in [0.4, 0.5) is 0 Å². The van der Waals surface area contributed by atoms with Gasteiger partial charge in [0.15, 0.2) is 17.5 Å². The van der Waals surface area contributed by atoms with Crippen molar-refractivity contribution >= 4 is 27.4 Å². The lowest BCUT2D eigenvalue weighted by Crippen LogP contribution is -2.27. The van der Waals surface area contributed by atoms with E-state index in [9.17, 15) is 0 Å². The van der Waals surface area contributed by atoms with Gasteiger partial charge in [-0.25, -0.2) is 15.0 Å². The van der Waals surface area contributed by atoms with Crippen LogP contribution in [0.5, 0.6) is 0 Å². The van der Waals surface area contributed by atoms with E-state index in [0.717, 1.165) is 47.2 Å². The summed E-state index contributed by atoms with van der Waals surface area (Å²) >= 11 is 0. The van der Waals surface area contributed by atoms with Crippen LogP contribution in [0.2, 0.25) is 0 Å². The monoisotopic (exact) mass is 954 g/mol. The molecule has 0 bridgehead atoms. The largest absolute Gasteiger partial charge is 0.309 e. The first-order valence-electron chi connectivity index (χ1n) is 26.2. The minimum atomic E-state index is -0.443. The van der Waals surface area contributed by atoms with Crippen molar-refractivity contribution in [3.63, 3.8) is 0 Å². The molecular formula is C71H46N4. The molecule has 0 fully saturated rings. The van der Waals surface area contributed by atoms with Gasteiger partial charge in [-0.15, -0.1) is 0 Å². The third-order valence-corrected chi connectivity index (χ3v) is 16.6. The molecule has 4 nitrogen and oxygen atoms in total. The van der Waals surface area contributed by atoms with Crippen molar-refractivity contribution < 1.29 is 0 Å². The molecule has 10 aromatic carbocycles. The van der Waals surface area contributed by atoms with Gasteiger partial charge in [0.05, 0.1) is 16.4 Å². The molecule has 1 spiro atoms. The molecule has 75 heavy (non-hydrogen) atoms. The van der Waals surface area contributed by atoms with Gasteiger partial charge < -0.3 is 4.57 Å². The summed E-state index contributed by atoms with van der Waals surface area (Å²) < 4.78 is 2.38. The highest BCUT2D eigenvalue weighted by molar-refractivity contribution is 6.10. The number of benzene rings is 10. The Kier molecular flexibility index (Phi) is 9.11. The van der Waals surface area contributed by atoms with Crippen molar-refractivity contribution in [2.24, 2.45) is 0 Å². The van der Waals surface area contributed by atoms with E-state index in [1.165, 1.54) is 105 Å². The normalized spacial score (nSPS) is 15.5. The van der Waals surface area contributed by atoms with Crippen LogP contribution in [-0.4, -0.2) is 19.5 Å². The maximum absolute atomic E-state index is 5.55. The quantitative estimate of drug-likeness (QED) is 0.167. The van der Waals surface area contributed by atoms with Gasteiger partial charge in [-0.1, -0.05) is 200 Å². The number of hydrogen-bond acceptors (Lipinski definition) is 3. The highest BCUT2D eigenvalue weighted by Gasteiger charge is 2.52. The summed E-state index contributed by atoms with van der Waals surface area (Å²) in [5, 5.41) is 2.48. The standard InChI is InChI=1S/C71H46N4/c1-3-16-44(17-4-1)45-30-32-46(33-31-45)68-72-69(51-36-38-56-55-23-9-13-28-63(55)71(64(56)43-51)61-26-11-7-21-53(61)54-22-8-12-27-62(54)71)74-70(73-68)58-25-15-18-50-40-49-35-34-47(41-59(49)67(50)58)48-37-39-66-60(42-48)57-24-10-14-29-65(57)75(66)52-19-5-2-6-20-52/h1-7,9-21,23-39,41-43H,8,22,40H2. The van der Waals surface area contributed by atoms with Crippen molar-refractivity contribution in [3.05, 3.63) is 282 Å². The van der Waals surface area contributed by atoms with Gasteiger partial charge in [-0.05, 0) is 151 Å². The molecule has 2 heterocycles. The molecule has 0 N–H and O–H groups in total. The van der Waals surface area contributed by atoms with E-state index in [-0.39, 0.29) is 0 Å². The van der Waals surface area contributed by atoms with Crippen LogP contribution in [0.3, 0.4) is 0 Å². The van der Waals surface area contributed by atoms with Crippen molar-refractivity contribution in [2.75, 3.05) is 0 Å². The first-order valence-corrected chi connectivity index (χ1v) is 26.2. The molecule has 0 saturated carbocycles. The van der Waals surface area contributed by atoms with Gasteiger partial charge >= 0.3 is 0 Å². The molecule has 16 rings (SSSR count). The Morgan fingerprint density at radius 1 is 0.373 bits per heavy atom. The van der Waals surface area contributed by atoms with E-state index < -0.39 is 5.41 Å². The second-order valence-corrected chi connectivity index (χ2v) is 20.5. The Balaban J connectivity index is 0.866. The SMILES string of the molecule is C1=CC2=C(CC1)c1ccccc1C21c2ccccc2-c2ccc(-c3nc(-c4ccc(-c5ccccc5)cc4)nc(-c4cccc5c4-c4cc(-c6ccc7c(c6)c6ccccc6n7-c6ccccc6)ccc4C5)n3)cc21. The maximum atomic E-state index is 5.55. The Bertz CT molecular complexity index is 4430. The topological polar surface area (TPSA) is 43.6 Å². The molecule has 1 unspecified atom stereocenters. The lowest BCUT2D eigenvalue weighted by Gasteiger charge is -2.32. The Morgan fingerprint density at radius 2 is 0.987 bits per heavy atom. The van der Waals surface area contributed by atoms with Crippen LogP contribution in [0.1, 0.15) is 46.2 Å². The molecule has 0 amide bonds. The van der Waals surface area contributed by atoms with Crippen molar-refractivity contribution in [2.45, 2.75) is 24.7 Å². The Morgan fingerprint density at radius 3 is 1.84 bits per heavy atom. The number of allylic oxidation sites excluding steroid dienone is 4. The van der Waals surface area contributed by atoms with Crippen molar-refractivity contribution in [3.8, 4) is 84.4 Å². The molecule has 4 heteroatoms. The van der Waals surface area contributed by atoms with Crippen LogP contribution in [-0.2, 0) is 11.8 Å². The predicted molar refractivity (Wildman–Crippen MR) is 307 cm³/mol. The zero-order valence-corrected chi connectivity index (χ0v) is 41.0. The average Bonchev–Trinajstić information content (AvgIpc) is 4.37. The van der Waals surface area contributed by atoms with Crippen LogP contribution in [0.15, 0.2) is 248 Å². The predicted octanol–water partition coefficient (Wildman–Crippen LogP) is 17.3. The minimum Gasteiger partial charge on any atom is -0.309 e. The van der Waals surface area contributed by atoms with Gasteiger partial charge in [-0.3, -0.25) is 0 Å². The summed E-state index contributed by atoms with van der Waals surface area (Å²) in [5.41, 5.74) is 26.5. The lowest BCUT2D eigenvalue weighted by molar-refractivity contribution is 0.780. The first-order chi connectivity index (χ1) is 37.2. The van der Waals surface area contributed by atoms with E-state index >= 15 is 0 Å². The van der Waals surface area contributed by atoms with Crippen molar-refractivity contribution in [1.82, 2.24) is 19.5 Å². The number of para-hydroxylation sites is 2. The molecule has 12 aromatic rings. The summed E-state index contributed by atoms with van der Waals surface area (Å²) in [6, 6.07) is 84.3. The summed E-state index contributed by atoms with van der Waals surface area (Å²) in [4.78, 5) is 16.4. The maximum Gasteiger partial charge on any atom is 0.164 e. The highest BCUT2D eigenvalue weighted by atomic mass is 15.0. The molecule has 1 atom stereocenters. The highest BCUT2D eigenvalue weighted by Crippen LogP contribution is 2.63. The summed E-state index contributed by atoms with van der Waals surface area (Å²) in [6.07, 6.45) is 7.71. The second kappa shape index (κ2) is 16.2. The second-order valence-electron chi connectivity index (χ2n) is 20.5. The molecule has 0 radical (unpaired) electrons. The fourth-order valence-corrected chi connectivity index (χ4v) is 13.3. The van der Waals surface area contributed by atoms with Gasteiger partial charge in [-0.2, -0.15) is 0 Å². The summed E-state index contributed by atoms with van der Waals surface area (Å²) in [5.74, 6) is 1.97. The van der Waals surface area contributed by atoms with E-state index in [1.807, 2.05) is 0 Å². The molecule has 2 aromatic heterocycles. The molecule has 350 valence electrons. The number of nitrogens with zero attached hydrogens (tertiary/aromatic N) is 4. The van der Waals surface area contributed by atoms with Gasteiger partial charge in [0.25, 0.3) is 0 Å². The van der Waals surface area contributed by atoms with E-state index in [4.69, 9.17) is 15.0 Å². The molecule has 4 aliphatic carbocycles. The molecule has 0 saturated heterocycles. The van der Waals surface area contributed by atoms with E-state index in [0.29, 0.717) is 17.5 Å². The third kappa shape index (κ3) is 6.20. The number of rotatable bonds is 6. The fourth-order valence-electron chi connectivity index (χ4n) is 13.3. The fraction of sp³-hybridized carbons (Fsp3) is 0.0563. The van der Waals surface area contributed by atoms with Crippen LogP contribution in [0, 0.1) is 0 Å². The van der Waals surface area contributed by atoms with Crippen LogP contribution < -0.4 is 0 Å². The zero-order chi connectivity index (χ0) is 49.2. The van der Waals surface area contributed by atoms with Gasteiger partial charge in [0.2, 0.25) is 0 Å². The lowest BCUT2D eigenvalue weighted by atomic mass is 9.69. The summed E-state index contributed by atoms with van der Waals surface area (Å²) in [6.45, 7) is 0. The molecular weight excluding hydrogens is 909 g/mol. The summed E-state index contributed by atoms with van der Waals surface area (Å²) in [7, 11) is 0. The van der Waals surface area contributed by atoms with E-state index in [2.05, 4.69) is 247 Å².